The van der Waals surface area contributed by atoms with Crippen LogP contribution in [0.5, 0.6) is 5.75 Å². The van der Waals surface area contributed by atoms with Crippen LogP contribution < -0.4 is 15.2 Å². The van der Waals surface area contributed by atoms with Crippen LogP contribution in [0.25, 0.3) is 0 Å². The first-order valence-electron chi connectivity index (χ1n) is 6.66. The van der Waals surface area contributed by atoms with Crippen LogP contribution in [-0.2, 0) is 23.0 Å². The van der Waals surface area contributed by atoms with Gasteiger partial charge in [-0.05, 0) is 41.5 Å². The van der Waals surface area contributed by atoms with Crippen molar-refractivity contribution >= 4 is 15.7 Å². The number of benzene rings is 2. The topological polar surface area (TPSA) is 81.4 Å². The molecular weight excluding hydrogens is 288 g/mol. The number of fused-ring (bicyclic) bond motifs is 1. The Bertz CT molecular complexity index is 772. The predicted octanol–water partition coefficient (Wildman–Crippen LogP) is 1.88. The van der Waals surface area contributed by atoms with Crippen LogP contribution in [0, 0.1) is 0 Å². The predicted molar refractivity (Wildman–Crippen MR) is 80.8 cm³/mol. The van der Waals surface area contributed by atoms with Crippen molar-refractivity contribution in [1.29, 1.82) is 0 Å². The first-order valence-corrected chi connectivity index (χ1v) is 8.14. The minimum atomic E-state index is -3.61. The van der Waals surface area contributed by atoms with Gasteiger partial charge in [0.25, 0.3) is 10.0 Å². The van der Waals surface area contributed by atoms with E-state index >= 15 is 0 Å². The third-order valence-corrected chi connectivity index (χ3v) is 4.77. The third-order valence-electron chi connectivity index (χ3n) is 3.39. The molecule has 6 heteroatoms. The van der Waals surface area contributed by atoms with Gasteiger partial charge in [0.05, 0.1) is 11.5 Å². The van der Waals surface area contributed by atoms with E-state index in [2.05, 4.69) is 4.72 Å². The molecule has 0 spiro atoms. The zero-order valence-corrected chi connectivity index (χ0v) is 12.2. The van der Waals surface area contributed by atoms with Crippen molar-refractivity contribution in [2.45, 2.75) is 17.9 Å². The maximum Gasteiger partial charge on any atom is 0.261 e. The van der Waals surface area contributed by atoms with Crippen LogP contribution in [0.3, 0.4) is 0 Å². The van der Waals surface area contributed by atoms with Crippen molar-refractivity contribution in [3.63, 3.8) is 0 Å². The summed E-state index contributed by atoms with van der Waals surface area (Å²) in [5, 5.41) is 0. The molecule has 0 saturated carbocycles. The van der Waals surface area contributed by atoms with Gasteiger partial charge in [-0.3, -0.25) is 4.72 Å². The molecule has 21 heavy (non-hydrogen) atoms. The Morgan fingerprint density at radius 3 is 2.86 bits per heavy atom. The Labute approximate surface area is 123 Å². The highest BCUT2D eigenvalue weighted by Crippen LogP contribution is 2.28. The van der Waals surface area contributed by atoms with Crippen LogP contribution in [-0.4, -0.2) is 15.0 Å². The van der Waals surface area contributed by atoms with Gasteiger partial charge in [0.1, 0.15) is 5.75 Å². The summed E-state index contributed by atoms with van der Waals surface area (Å²) in [6.45, 7) is 0.969. The van der Waals surface area contributed by atoms with E-state index in [1.807, 2.05) is 6.07 Å². The minimum Gasteiger partial charge on any atom is -0.493 e. The van der Waals surface area contributed by atoms with Crippen molar-refractivity contribution in [2.75, 3.05) is 11.3 Å². The largest absolute Gasteiger partial charge is 0.493 e. The van der Waals surface area contributed by atoms with E-state index in [1.165, 1.54) is 0 Å². The molecule has 0 amide bonds. The highest BCUT2D eigenvalue weighted by Gasteiger charge is 2.19. The summed E-state index contributed by atoms with van der Waals surface area (Å²) in [4.78, 5) is 0.241. The zero-order chi connectivity index (χ0) is 14.9. The number of nitrogens with two attached hydrogens (primary N) is 1. The van der Waals surface area contributed by atoms with E-state index in [1.54, 1.807) is 36.4 Å². The SMILES string of the molecule is NCc1cccc(NS(=O)(=O)c2ccc3c(c2)CCO3)c1. The fraction of sp³-hybridized carbons (Fsp3) is 0.200. The standard InChI is InChI=1S/C15H16N2O3S/c16-10-11-2-1-3-13(8-11)17-21(18,19)14-4-5-15-12(9-14)6-7-20-15/h1-5,8-9,17H,6-7,10,16H2. The van der Waals surface area contributed by atoms with Gasteiger partial charge in [0.15, 0.2) is 0 Å². The van der Waals surface area contributed by atoms with Crippen molar-refractivity contribution in [3.05, 3.63) is 53.6 Å². The zero-order valence-electron chi connectivity index (χ0n) is 11.4. The molecule has 3 N–H and O–H groups in total. The van der Waals surface area contributed by atoms with Crippen LogP contribution >= 0.6 is 0 Å². The van der Waals surface area contributed by atoms with Crippen molar-refractivity contribution in [3.8, 4) is 5.75 Å². The maximum absolute atomic E-state index is 12.4. The molecular formula is C15H16N2O3S. The fourth-order valence-electron chi connectivity index (χ4n) is 2.31. The van der Waals surface area contributed by atoms with Gasteiger partial charge in [-0.2, -0.15) is 0 Å². The van der Waals surface area contributed by atoms with Crippen LogP contribution in [0.4, 0.5) is 5.69 Å². The maximum atomic E-state index is 12.4. The molecule has 0 unspecified atom stereocenters. The van der Waals surface area contributed by atoms with Gasteiger partial charge in [-0.25, -0.2) is 8.42 Å². The molecule has 0 aliphatic carbocycles. The van der Waals surface area contributed by atoms with Crippen LogP contribution in [0.1, 0.15) is 11.1 Å². The molecule has 5 nitrogen and oxygen atoms in total. The molecule has 0 fully saturated rings. The number of hydrogen-bond acceptors (Lipinski definition) is 4. The average Bonchev–Trinajstić information content (AvgIpc) is 2.94. The number of rotatable bonds is 4. The minimum absolute atomic E-state index is 0.241. The number of sulfonamides is 1. The molecule has 0 bridgehead atoms. The van der Waals surface area contributed by atoms with Gasteiger partial charge in [-0.1, -0.05) is 12.1 Å². The summed E-state index contributed by atoms with van der Waals surface area (Å²) in [5.74, 6) is 0.763. The highest BCUT2D eigenvalue weighted by molar-refractivity contribution is 7.92. The Hall–Kier alpha value is -2.05. The molecule has 1 aliphatic rings. The first-order chi connectivity index (χ1) is 10.1. The van der Waals surface area contributed by atoms with E-state index in [0.29, 0.717) is 18.8 Å². The first kappa shape index (κ1) is 13.9. The number of hydrogen-bond donors (Lipinski definition) is 2. The smallest absolute Gasteiger partial charge is 0.261 e. The van der Waals surface area contributed by atoms with Gasteiger partial charge in [0.2, 0.25) is 0 Å². The Morgan fingerprint density at radius 1 is 1.19 bits per heavy atom. The normalized spacial score (nSPS) is 13.6. The molecule has 0 aromatic heterocycles. The van der Waals surface area contributed by atoms with E-state index in [0.717, 1.165) is 23.3 Å². The van der Waals surface area contributed by atoms with E-state index in [4.69, 9.17) is 10.5 Å². The van der Waals surface area contributed by atoms with Crippen LogP contribution in [0.15, 0.2) is 47.4 Å². The number of nitrogens with one attached hydrogen (secondary N) is 1. The lowest BCUT2D eigenvalue weighted by Gasteiger charge is -2.10. The van der Waals surface area contributed by atoms with Crippen molar-refractivity contribution in [2.24, 2.45) is 5.73 Å². The molecule has 0 atom stereocenters. The summed E-state index contributed by atoms with van der Waals surface area (Å²) >= 11 is 0. The second-order valence-electron chi connectivity index (χ2n) is 4.88. The summed E-state index contributed by atoms with van der Waals surface area (Å²) in [5.41, 5.74) is 7.87. The molecule has 1 aliphatic heterocycles. The average molecular weight is 304 g/mol. The Balaban J connectivity index is 1.89. The lowest BCUT2D eigenvalue weighted by Crippen LogP contribution is -2.13. The molecule has 0 saturated heterocycles. The van der Waals surface area contributed by atoms with E-state index < -0.39 is 10.0 Å². The van der Waals surface area contributed by atoms with Crippen molar-refractivity contribution < 1.29 is 13.2 Å². The summed E-state index contributed by atoms with van der Waals surface area (Å²) in [6, 6.07) is 12.0. The Kier molecular flexibility index (Phi) is 3.57. The molecule has 0 radical (unpaired) electrons. The van der Waals surface area contributed by atoms with Crippen LogP contribution in [0.2, 0.25) is 0 Å². The quantitative estimate of drug-likeness (QED) is 0.903. The third kappa shape index (κ3) is 2.86. The van der Waals surface area contributed by atoms with Gasteiger partial charge < -0.3 is 10.5 Å². The van der Waals surface area contributed by atoms with E-state index in [-0.39, 0.29) is 4.90 Å². The molecule has 2 aromatic rings. The Morgan fingerprint density at radius 2 is 2.05 bits per heavy atom. The monoisotopic (exact) mass is 304 g/mol. The van der Waals surface area contributed by atoms with Gasteiger partial charge >= 0.3 is 0 Å². The molecule has 3 rings (SSSR count). The lowest BCUT2D eigenvalue weighted by molar-refractivity contribution is 0.356. The summed E-state index contributed by atoms with van der Waals surface area (Å²) in [7, 11) is -3.61. The fourth-order valence-corrected chi connectivity index (χ4v) is 3.41. The summed E-state index contributed by atoms with van der Waals surface area (Å²) < 4.78 is 32.8. The second kappa shape index (κ2) is 5.38. The van der Waals surface area contributed by atoms with Gasteiger partial charge in [-0.15, -0.1) is 0 Å². The van der Waals surface area contributed by atoms with Crippen molar-refractivity contribution in [1.82, 2.24) is 0 Å². The molecule has 1 heterocycles. The highest BCUT2D eigenvalue weighted by atomic mass is 32.2. The number of ether oxygens (including phenoxy) is 1. The molecule has 2 aromatic carbocycles. The summed E-state index contributed by atoms with van der Waals surface area (Å²) in [6.07, 6.45) is 0.737. The molecule has 110 valence electrons. The second-order valence-corrected chi connectivity index (χ2v) is 6.56. The lowest BCUT2D eigenvalue weighted by atomic mass is 10.2. The van der Waals surface area contributed by atoms with E-state index in [9.17, 15) is 8.42 Å². The van der Waals surface area contributed by atoms with Gasteiger partial charge in [0, 0.05) is 18.7 Å². The number of anilines is 1.